The van der Waals surface area contributed by atoms with E-state index in [9.17, 15) is 9.59 Å². The van der Waals surface area contributed by atoms with Crippen molar-refractivity contribution in [1.82, 2.24) is 4.90 Å². The monoisotopic (exact) mass is 329 g/mol. The first kappa shape index (κ1) is 16.6. The molecule has 5 nitrogen and oxygen atoms in total. The molecule has 0 spiro atoms. The highest BCUT2D eigenvalue weighted by Gasteiger charge is 2.25. The van der Waals surface area contributed by atoms with Gasteiger partial charge in [0.15, 0.2) is 0 Å². The van der Waals surface area contributed by atoms with Crippen molar-refractivity contribution in [3.05, 3.63) is 35.4 Å². The second-order valence-electron chi connectivity index (χ2n) is 6.41. The number of carboxylic acid groups (broad SMARTS) is 1. The molecule has 2 aliphatic rings. The molecule has 0 aromatic heterocycles. The van der Waals surface area contributed by atoms with Crippen LogP contribution in [-0.4, -0.2) is 41.1 Å². The van der Waals surface area contributed by atoms with Gasteiger partial charge in [-0.1, -0.05) is 6.07 Å². The number of rotatable bonds is 5. The average molecular weight is 329 g/mol. The molecular formula is C19H23NO4. The van der Waals surface area contributed by atoms with Gasteiger partial charge in [-0.05, 0) is 55.0 Å². The first-order valence-electron chi connectivity index (χ1n) is 8.60. The van der Waals surface area contributed by atoms with Crippen molar-refractivity contribution in [1.29, 1.82) is 0 Å². The Kier molecular flexibility index (Phi) is 5.18. The molecule has 1 amide bonds. The summed E-state index contributed by atoms with van der Waals surface area (Å²) < 4.78 is 5.49. The highest BCUT2D eigenvalue weighted by molar-refractivity contribution is 5.92. The smallest absolute Gasteiger partial charge is 0.303 e. The third kappa shape index (κ3) is 3.96. The van der Waals surface area contributed by atoms with Crippen LogP contribution in [0.15, 0.2) is 24.3 Å². The molecule has 0 bridgehead atoms. The van der Waals surface area contributed by atoms with Gasteiger partial charge in [0.1, 0.15) is 5.75 Å². The Morgan fingerprint density at radius 1 is 1.33 bits per heavy atom. The number of likely N-dealkylation sites (tertiary alicyclic amines) is 1. The Labute approximate surface area is 141 Å². The lowest BCUT2D eigenvalue weighted by molar-refractivity contribution is -0.138. The van der Waals surface area contributed by atoms with Gasteiger partial charge in [-0.25, -0.2) is 0 Å². The second kappa shape index (κ2) is 7.51. The van der Waals surface area contributed by atoms with E-state index >= 15 is 0 Å². The number of benzene rings is 1. The number of carboxylic acids is 1. The number of piperidine rings is 1. The Morgan fingerprint density at radius 3 is 3.04 bits per heavy atom. The maximum atomic E-state index is 12.5. The predicted molar refractivity (Wildman–Crippen MR) is 90.9 cm³/mol. The lowest BCUT2D eigenvalue weighted by Crippen LogP contribution is -2.43. The summed E-state index contributed by atoms with van der Waals surface area (Å²) in [5.74, 6) is 0.106. The molecule has 2 aliphatic heterocycles. The van der Waals surface area contributed by atoms with Gasteiger partial charge in [-0.2, -0.15) is 0 Å². The van der Waals surface area contributed by atoms with E-state index in [0.29, 0.717) is 13.0 Å². The summed E-state index contributed by atoms with van der Waals surface area (Å²) in [5.41, 5.74) is 2.17. The molecule has 3 rings (SSSR count). The van der Waals surface area contributed by atoms with E-state index in [1.165, 1.54) is 5.56 Å². The van der Waals surface area contributed by atoms with E-state index in [-0.39, 0.29) is 18.4 Å². The summed E-state index contributed by atoms with van der Waals surface area (Å²) in [6.45, 7) is 1.44. The summed E-state index contributed by atoms with van der Waals surface area (Å²) in [5, 5.41) is 8.87. The topological polar surface area (TPSA) is 66.8 Å². The summed E-state index contributed by atoms with van der Waals surface area (Å²) in [6, 6.07) is 6.00. The second-order valence-corrected chi connectivity index (χ2v) is 6.41. The number of nitrogens with zero attached hydrogens (tertiary/aromatic N) is 1. The van der Waals surface area contributed by atoms with Crippen molar-refractivity contribution < 1.29 is 19.4 Å². The van der Waals surface area contributed by atoms with Crippen LogP contribution >= 0.6 is 0 Å². The van der Waals surface area contributed by atoms with Crippen molar-refractivity contribution in [2.24, 2.45) is 0 Å². The zero-order chi connectivity index (χ0) is 16.9. The zero-order valence-corrected chi connectivity index (χ0v) is 13.7. The molecule has 0 aliphatic carbocycles. The van der Waals surface area contributed by atoms with Crippen LogP contribution in [0.4, 0.5) is 0 Å². The van der Waals surface area contributed by atoms with Crippen LogP contribution in [-0.2, 0) is 16.0 Å². The molecule has 1 aromatic rings. The van der Waals surface area contributed by atoms with E-state index in [0.717, 1.165) is 43.6 Å². The molecule has 1 N–H and O–H groups in total. The number of carbonyl (C=O) groups is 2. The van der Waals surface area contributed by atoms with E-state index in [4.69, 9.17) is 9.84 Å². The molecule has 24 heavy (non-hydrogen) atoms. The Balaban J connectivity index is 1.64. The average Bonchev–Trinajstić information content (AvgIpc) is 3.05. The number of fused-ring (bicyclic) bond motifs is 1. The van der Waals surface area contributed by atoms with Crippen molar-refractivity contribution >= 4 is 18.0 Å². The fourth-order valence-electron chi connectivity index (χ4n) is 3.45. The lowest BCUT2D eigenvalue weighted by atomic mass is 9.97. The third-order valence-electron chi connectivity index (χ3n) is 4.73. The standard InChI is InChI=1S/C19H23NO4/c21-18(20-11-2-1-3-16(20)6-9-19(22)23)8-5-14-4-7-17-15(13-14)10-12-24-17/h4-5,7-8,13,16H,1-3,6,9-12H2,(H,22,23)/b8-5+. The lowest BCUT2D eigenvalue weighted by Gasteiger charge is -2.35. The van der Waals surface area contributed by atoms with Gasteiger partial charge < -0.3 is 14.7 Å². The van der Waals surface area contributed by atoms with Crippen molar-refractivity contribution in [3.8, 4) is 5.75 Å². The van der Waals surface area contributed by atoms with Gasteiger partial charge in [0, 0.05) is 31.5 Å². The van der Waals surface area contributed by atoms with E-state index < -0.39 is 5.97 Å². The summed E-state index contributed by atoms with van der Waals surface area (Å²) >= 11 is 0. The SMILES string of the molecule is O=C(O)CCC1CCCCN1C(=O)/C=C/c1ccc2c(c1)CCO2. The maximum Gasteiger partial charge on any atom is 0.303 e. The normalized spacial score (nSPS) is 20.0. The molecule has 1 unspecified atom stereocenters. The molecule has 1 saturated heterocycles. The molecule has 1 aromatic carbocycles. The van der Waals surface area contributed by atoms with E-state index in [1.54, 1.807) is 6.08 Å². The predicted octanol–water partition coefficient (Wildman–Crippen LogP) is 2.88. The molecule has 2 heterocycles. The fraction of sp³-hybridized carbons (Fsp3) is 0.474. The number of amides is 1. The third-order valence-corrected chi connectivity index (χ3v) is 4.73. The van der Waals surface area contributed by atoms with Gasteiger partial charge in [-0.3, -0.25) is 9.59 Å². The number of hydrogen-bond donors (Lipinski definition) is 1. The molecule has 0 radical (unpaired) electrons. The molecule has 1 fully saturated rings. The minimum atomic E-state index is -0.802. The maximum absolute atomic E-state index is 12.5. The highest BCUT2D eigenvalue weighted by Crippen LogP contribution is 2.26. The van der Waals surface area contributed by atoms with Crippen LogP contribution in [0.25, 0.3) is 6.08 Å². The van der Waals surface area contributed by atoms with Crippen LogP contribution in [0.1, 0.15) is 43.2 Å². The Morgan fingerprint density at radius 2 is 2.21 bits per heavy atom. The zero-order valence-electron chi connectivity index (χ0n) is 13.7. The van der Waals surface area contributed by atoms with E-state index in [2.05, 4.69) is 6.07 Å². The minimum Gasteiger partial charge on any atom is -0.493 e. The quantitative estimate of drug-likeness (QED) is 0.844. The molecular weight excluding hydrogens is 306 g/mol. The number of ether oxygens (including phenoxy) is 1. The van der Waals surface area contributed by atoms with Gasteiger partial charge in [-0.15, -0.1) is 0 Å². The van der Waals surface area contributed by atoms with Crippen molar-refractivity contribution in [2.45, 2.75) is 44.6 Å². The van der Waals surface area contributed by atoms with Crippen LogP contribution in [0.3, 0.4) is 0 Å². The van der Waals surface area contributed by atoms with Gasteiger partial charge in [0.05, 0.1) is 6.61 Å². The number of carbonyl (C=O) groups excluding carboxylic acids is 1. The first-order chi connectivity index (χ1) is 11.6. The summed E-state index contributed by atoms with van der Waals surface area (Å²) in [4.78, 5) is 25.2. The highest BCUT2D eigenvalue weighted by atomic mass is 16.5. The summed E-state index contributed by atoms with van der Waals surface area (Å²) in [7, 11) is 0. The number of aliphatic carboxylic acids is 1. The van der Waals surface area contributed by atoms with Crippen LogP contribution < -0.4 is 4.74 Å². The molecule has 128 valence electrons. The molecule has 0 saturated carbocycles. The minimum absolute atomic E-state index is 0.0261. The van der Waals surface area contributed by atoms with Gasteiger partial charge in [0.25, 0.3) is 0 Å². The van der Waals surface area contributed by atoms with Crippen molar-refractivity contribution in [2.75, 3.05) is 13.2 Å². The van der Waals surface area contributed by atoms with Crippen LogP contribution in [0, 0.1) is 0 Å². The van der Waals surface area contributed by atoms with Crippen molar-refractivity contribution in [3.63, 3.8) is 0 Å². The Hall–Kier alpha value is -2.30. The van der Waals surface area contributed by atoms with Crippen LogP contribution in [0.2, 0.25) is 0 Å². The largest absolute Gasteiger partial charge is 0.493 e. The molecule has 5 heteroatoms. The van der Waals surface area contributed by atoms with E-state index in [1.807, 2.05) is 23.1 Å². The Bertz CT molecular complexity index is 653. The fourth-order valence-corrected chi connectivity index (χ4v) is 3.45. The first-order valence-corrected chi connectivity index (χ1v) is 8.60. The van der Waals surface area contributed by atoms with Gasteiger partial charge in [0.2, 0.25) is 5.91 Å². The van der Waals surface area contributed by atoms with Crippen LogP contribution in [0.5, 0.6) is 5.75 Å². The summed E-state index contributed by atoms with van der Waals surface area (Å²) in [6.07, 6.45) is 7.94. The number of hydrogen-bond acceptors (Lipinski definition) is 3. The van der Waals surface area contributed by atoms with Gasteiger partial charge >= 0.3 is 5.97 Å². The molecule has 1 atom stereocenters.